The number of hydrogen-bond acceptors (Lipinski definition) is 9. The van der Waals surface area contributed by atoms with Gasteiger partial charge in [0.2, 0.25) is 0 Å². The molecule has 1 fully saturated rings. The summed E-state index contributed by atoms with van der Waals surface area (Å²) in [4.78, 5) is 27.9. The molecule has 2 aliphatic heterocycles. The van der Waals surface area contributed by atoms with Gasteiger partial charge < -0.3 is 9.64 Å². The predicted octanol–water partition coefficient (Wildman–Crippen LogP) is 2.56. The number of nitrogens with zero attached hydrogens (tertiary/aromatic N) is 5. The molecule has 9 nitrogen and oxygen atoms in total. The van der Waals surface area contributed by atoms with Crippen molar-refractivity contribution in [2.45, 2.75) is 19.1 Å². The van der Waals surface area contributed by atoms with Gasteiger partial charge >= 0.3 is 5.97 Å². The molecule has 1 saturated heterocycles. The van der Waals surface area contributed by atoms with Crippen LogP contribution < -0.4 is 0 Å². The Labute approximate surface area is 178 Å². The minimum Gasteiger partial charge on any atom is -0.457 e. The van der Waals surface area contributed by atoms with Gasteiger partial charge in [-0.25, -0.2) is 9.42 Å². The third-order valence-electron chi connectivity index (χ3n) is 6.15. The molecule has 160 valence electrons. The molecule has 9 heteroatoms. The van der Waals surface area contributed by atoms with Crippen LogP contribution in [0.3, 0.4) is 0 Å². The summed E-state index contributed by atoms with van der Waals surface area (Å²) >= 11 is 0. The number of piperazine rings is 1. The lowest BCUT2D eigenvalue weighted by molar-refractivity contribution is 0.0535. The molecular formula is C22H23N5O4. The van der Waals surface area contributed by atoms with Gasteiger partial charge in [-0.2, -0.15) is 4.91 Å². The number of carbonyl (C=O) groups is 1. The SMILES string of the molecule is O=NC(CN1CCN(CCc2ccc3nonc3c2)CC1)c1ccc2c(c1)COC2=O. The molecule has 3 heterocycles. The molecule has 0 bridgehead atoms. The lowest BCUT2D eigenvalue weighted by Crippen LogP contribution is -2.47. The molecule has 0 amide bonds. The number of carbonyl (C=O) groups excluding carboxylic acids is 1. The van der Waals surface area contributed by atoms with E-state index >= 15 is 0 Å². The molecule has 1 aromatic heterocycles. The van der Waals surface area contributed by atoms with Gasteiger partial charge in [0, 0.05) is 44.8 Å². The van der Waals surface area contributed by atoms with Crippen LogP contribution in [-0.4, -0.2) is 65.4 Å². The summed E-state index contributed by atoms with van der Waals surface area (Å²) in [5.41, 5.74) is 5.04. The van der Waals surface area contributed by atoms with Gasteiger partial charge in [-0.1, -0.05) is 17.3 Å². The number of hydrogen-bond donors (Lipinski definition) is 0. The first kappa shape index (κ1) is 19.8. The van der Waals surface area contributed by atoms with Crippen molar-refractivity contribution < 1.29 is 14.2 Å². The lowest BCUT2D eigenvalue weighted by Gasteiger charge is -2.35. The lowest BCUT2D eigenvalue weighted by atomic mass is 10.0. The monoisotopic (exact) mass is 421 g/mol. The van der Waals surface area contributed by atoms with Gasteiger partial charge in [-0.15, -0.1) is 0 Å². The summed E-state index contributed by atoms with van der Waals surface area (Å²) in [6, 6.07) is 11.0. The van der Waals surface area contributed by atoms with E-state index in [1.807, 2.05) is 24.3 Å². The Bertz CT molecular complexity index is 1110. The highest BCUT2D eigenvalue weighted by atomic mass is 16.6. The molecule has 5 rings (SSSR count). The van der Waals surface area contributed by atoms with Gasteiger partial charge in [0.1, 0.15) is 23.7 Å². The van der Waals surface area contributed by atoms with Crippen molar-refractivity contribution >= 4 is 17.0 Å². The summed E-state index contributed by atoms with van der Waals surface area (Å²) in [6.45, 7) is 5.51. The van der Waals surface area contributed by atoms with Crippen molar-refractivity contribution in [2.24, 2.45) is 5.18 Å². The summed E-state index contributed by atoms with van der Waals surface area (Å²) in [5.74, 6) is -0.300. The summed E-state index contributed by atoms with van der Waals surface area (Å²) < 4.78 is 9.81. The van der Waals surface area contributed by atoms with Crippen molar-refractivity contribution in [3.05, 3.63) is 63.6 Å². The smallest absolute Gasteiger partial charge is 0.338 e. The minimum absolute atomic E-state index is 0.270. The van der Waals surface area contributed by atoms with Gasteiger partial charge in [0.05, 0.1) is 5.56 Å². The molecule has 0 saturated carbocycles. The fraction of sp³-hybridized carbons (Fsp3) is 0.409. The van der Waals surface area contributed by atoms with Crippen LogP contribution in [0.5, 0.6) is 0 Å². The van der Waals surface area contributed by atoms with E-state index in [2.05, 4.69) is 31.4 Å². The van der Waals surface area contributed by atoms with E-state index < -0.39 is 6.04 Å². The molecule has 2 aliphatic rings. The van der Waals surface area contributed by atoms with Crippen LogP contribution in [0.2, 0.25) is 0 Å². The molecule has 31 heavy (non-hydrogen) atoms. The van der Waals surface area contributed by atoms with Crippen molar-refractivity contribution in [1.29, 1.82) is 0 Å². The maximum atomic E-state index is 11.6. The number of nitroso groups, excluding NO2 is 1. The number of cyclic esters (lactones) is 1. The molecule has 1 atom stereocenters. The van der Waals surface area contributed by atoms with Crippen LogP contribution in [0, 0.1) is 4.91 Å². The van der Waals surface area contributed by atoms with E-state index in [1.165, 1.54) is 5.56 Å². The first-order valence-electron chi connectivity index (χ1n) is 10.5. The van der Waals surface area contributed by atoms with E-state index in [-0.39, 0.29) is 12.6 Å². The fourth-order valence-electron chi connectivity index (χ4n) is 4.27. The van der Waals surface area contributed by atoms with Crippen LogP contribution >= 0.6 is 0 Å². The highest BCUT2D eigenvalue weighted by Gasteiger charge is 2.25. The largest absolute Gasteiger partial charge is 0.457 e. The molecule has 1 unspecified atom stereocenters. The molecule has 0 radical (unpaired) electrons. The topological polar surface area (TPSA) is 101 Å². The highest BCUT2D eigenvalue weighted by Crippen LogP contribution is 2.26. The number of benzene rings is 2. The maximum absolute atomic E-state index is 11.6. The van der Waals surface area contributed by atoms with E-state index in [4.69, 9.17) is 9.37 Å². The Balaban J connectivity index is 1.13. The Morgan fingerprint density at radius 1 is 1.00 bits per heavy atom. The van der Waals surface area contributed by atoms with E-state index in [1.54, 1.807) is 6.07 Å². The second-order valence-electron chi connectivity index (χ2n) is 8.09. The summed E-state index contributed by atoms with van der Waals surface area (Å²) in [6.07, 6.45) is 0.942. The number of ether oxygens (including phenoxy) is 1. The Morgan fingerprint density at radius 3 is 2.65 bits per heavy atom. The Morgan fingerprint density at radius 2 is 1.81 bits per heavy atom. The van der Waals surface area contributed by atoms with Gasteiger partial charge in [0.25, 0.3) is 0 Å². The first-order valence-corrected chi connectivity index (χ1v) is 10.5. The summed E-state index contributed by atoms with van der Waals surface area (Å²) in [7, 11) is 0. The van der Waals surface area contributed by atoms with Crippen molar-refractivity contribution in [1.82, 2.24) is 20.1 Å². The number of aromatic nitrogens is 2. The fourth-order valence-corrected chi connectivity index (χ4v) is 4.27. The predicted molar refractivity (Wildman–Crippen MR) is 112 cm³/mol. The summed E-state index contributed by atoms with van der Waals surface area (Å²) in [5, 5.41) is 11.1. The van der Waals surface area contributed by atoms with Crippen molar-refractivity contribution in [2.75, 3.05) is 39.3 Å². The second-order valence-corrected chi connectivity index (χ2v) is 8.09. The second kappa shape index (κ2) is 8.52. The normalized spacial score (nSPS) is 18.1. The first-order chi connectivity index (χ1) is 15.2. The van der Waals surface area contributed by atoms with Crippen LogP contribution in [-0.2, 0) is 17.8 Å². The molecule has 3 aromatic rings. The van der Waals surface area contributed by atoms with Crippen LogP contribution in [0.4, 0.5) is 0 Å². The highest BCUT2D eigenvalue weighted by molar-refractivity contribution is 5.93. The van der Waals surface area contributed by atoms with Gasteiger partial charge in [0.15, 0.2) is 0 Å². The number of rotatable bonds is 7. The molecule has 2 aromatic carbocycles. The average Bonchev–Trinajstić information content (AvgIpc) is 3.42. The number of fused-ring (bicyclic) bond motifs is 2. The zero-order valence-corrected chi connectivity index (χ0v) is 17.1. The quantitative estimate of drug-likeness (QED) is 0.424. The molecule has 0 aliphatic carbocycles. The average molecular weight is 421 g/mol. The third kappa shape index (κ3) is 4.19. The molecule has 0 spiro atoms. The van der Waals surface area contributed by atoms with Crippen LogP contribution in [0.1, 0.15) is 33.1 Å². The van der Waals surface area contributed by atoms with E-state index in [0.717, 1.165) is 61.3 Å². The van der Waals surface area contributed by atoms with Crippen molar-refractivity contribution in [3.8, 4) is 0 Å². The van der Waals surface area contributed by atoms with Crippen molar-refractivity contribution in [3.63, 3.8) is 0 Å². The van der Waals surface area contributed by atoms with Crippen LogP contribution in [0.25, 0.3) is 11.0 Å². The number of esters is 1. The van der Waals surface area contributed by atoms with Gasteiger partial charge in [-0.05, 0) is 52.1 Å². The standard InChI is InChI=1S/C22H23N5O4/c28-22-18-3-2-16(12-17(18)14-30-22)21(23-29)13-27-9-7-26(8-10-27)6-5-15-1-4-19-20(11-15)25-31-24-19/h1-4,11-12,21H,5-10,13-14H2. The molecular weight excluding hydrogens is 398 g/mol. The third-order valence-corrected chi connectivity index (χ3v) is 6.15. The molecule has 0 N–H and O–H groups in total. The Hall–Kier alpha value is -3.17. The zero-order chi connectivity index (χ0) is 21.2. The maximum Gasteiger partial charge on any atom is 0.338 e. The van der Waals surface area contributed by atoms with E-state index in [0.29, 0.717) is 12.1 Å². The Kier molecular flexibility index (Phi) is 5.44. The zero-order valence-electron chi connectivity index (χ0n) is 17.1. The van der Waals surface area contributed by atoms with Gasteiger partial charge in [-0.3, -0.25) is 4.90 Å². The van der Waals surface area contributed by atoms with Crippen LogP contribution in [0.15, 0.2) is 46.2 Å². The van der Waals surface area contributed by atoms with E-state index in [9.17, 15) is 9.70 Å². The minimum atomic E-state index is -0.449.